The summed E-state index contributed by atoms with van der Waals surface area (Å²) < 4.78 is 35.5. The van der Waals surface area contributed by atoms with Crippen molar-refractivity contribution in [2.75, 3.05) is 21.3 Å². The number of hydrogen-bond acceptors (Lipinski definition) is 11. The fourth-order valence-electron chi connectivity index (χ4n) is 5.42. The van der Waals surface area contributed by atoms with Crippen molar-refractivity contribution >= 4 is 61.9 Å². The van der Waals surface area contributed by atoms with Gasteiger partial charge in [0.25, 0.3) is 0 Å². The Hall–Kier alpha value is -6.01. The predicted octanol–water partition coefficient (Wildman–Crippen LogP) is 7.78. The maximum atomic E-state index is 13.3. The van der Waals surface area contributed by atoms with Crippen LogP contribution >= 0.6 is 0 Å². The number of hydrogen-bond donors (Lipinski definition) is 3. The second-order valence-electron chi connectivity index (χ2n) is 14.7. The van der Waals surface area contributed by atoms with Gasteiger partial charge in [0.15, 0.2) is 21.7 Å². The topological polar surface area (TPSA) is 205 Å². The van der Waals surface area contributed by atoms with Gasteiger partial charge in [0.2, 0.25) is 5.91 Å². The average molecular weight is 772 g/mol. The molecule has 0 aliphatic heterocycles. The van der Waals surface area contributed by atoms with Crippen LogP contribution in [-0.4, -0.2) is 59.5 Å². The number of rotatable bonds is 12. The Morgan fingerprint density at radius 3 is 2.07 bits per heavy atom. The van der Waals surface area contributed by atoms with E-state index in [0.717, 1.165) is 10.5 Å². The Bertz CT molecular complexity index is 2210. The minimum absolute atomic E-state index is 0.0118. The zero-order chi connectivity index (χ0) is 40.7. The highest BCUT2D eigenvalue weighted by molar-refractivity contribution is 7.91. The number of nitriles is 1. The molecular weight excluding hydrogens is 727 g/mol. The number of aromatic nitrogens is 1. The quantitative estimate of drug-likeness (QED) is 0.126. The zero-order valence-corrected chi connectivity index (χ0v) is 32.6. The van der Waals surface area contributed by atoms with E-state index in [4.69, 9.17) is 9.47 Å². The van der Waals surface area contributed by atoms with Gasteiger partial charge in [-0.25, -0.2) is 27.8 Å². The minimum Gasteiger partial charge on any atom is -0.479 e. The molecule has 0 fully saturated rings. The lowest BCUT2D eigenvalue weighted by Gasteiger charge is -2.28. The summed E-state index contributed by atoms with van der Waals surface area (Å²) in [4.78, 5) is 56.5. The van der Waals surface area contributed by atoms with Crippen molar-refractivity contribution in [2.24, 2.45) is 0 Å². The normalized spacial score (nSPS) is 12.3. The maximum absolute atomic E-state index is 13.3. The number of fused-ring (bicyclic) bond motifs is 1. The molecule has 4 rings (SSSR count). The van der Waals surface area contributed by atoms with Gasteiger partial charge in [0.1, 0.15) is 17.3 Å². The number of pyridine rings is 1. The van der Waals surface area contributed by atoms with E-state index in [9.17, 15) is 38.0 Å². The van der Waals surface area contributed by atoms with E-state index in [1.54, 1.807) is 90.1 Å². The summed E-state index contributed by atoms with van der Waals surface area (Å²) in [5.41, 5.74) is 0.270. The Balaban J connectivity index is 1.45. The van der Waals surface area contributed by atoms with Crippen LogP contribution in [0.25, 0.3) is 10.8 Å². The number of carboxylic acids is 1. The van der Waals surface area contributed by atoms with E-state index in [1.807, 2.05) is 6.07 Å². The van der Waals surface area contributed by atoms with Crippen LogP contribution in [0.5, 0.6) is 0 Å². The highest BCUT2D eigenvalue weighted by Crippen LogP contribution is 2.31. The van der Waals surface area contributed by atoms with E-state index in [2.05, 4.69) is 15.6 Å². The third kappa shape index (κ3) is 11.2. The number of ether oxygens (including phenoxy) is 2. The molecule has 1 atom stereocenters. The smallest absolute Gasteiger partial charge is 0.425 e. The molecule has 1 unspecified atom stereocenters. The number of aryl methyl sites for hydroxylation is 1. The highest BCUT2D eigenvalue weighted by atomic mass is 32.2. The molecule has 0 saturated carbocycles. The van der Waals surface area contributed by atoms with Gasteiger partial charge < -0.3 is 25.2 Å². The molecule has 0 aliphatic rings. The van der Waals surface area contributed by atoms with E-state index in [0.29, 0.717) is 40.6 Å². The number of amides is 3. The number of sulfone groups is 1. The molecule has 0 aliphatic carbocycles. The Morgan fingerprint density at radius 2 is 1.51 bits per heavy atom. The molecule has 0 spiro atoms. The molecule has 1 heterocycles. The number of imide groups is 1. The van der Waals surface area contributed by atoms with E-state index < -0.39 is 45.2 Å². The molecule has 1 aromatic heterocycles. The first kappa shape index (κ1) is 41.7. The van der Waals surface area contributed by atoms with E-state index in [1.165, 1.54) is 31.3 Å². The number of carbonyl (C=O) groups is 4. The van der Waals surface area contributed by atoms with Crippen LogP contribution in [-0.2, 0) is 35.3 Å². The molecule has 55 heavy (non-hydrogen) atoms. The highest BCUT2D eigenvalue weighted by Gasteiger charge is 2.34. The summed E-state index contributed by atoms with van der Waals surface area (Å²) >= 11 is 0. The number of nitrogens with zero attached hydrogens (tertiary/aromatic N) is 3. The Morgan fingerprint density at radius 1 is 0.891 bits per heavy atom. The maximum Gasteiger partial charge on any atom is 0.425 e. The summed E-state index contributed by atoms with van der Waals surface area (Å²) in [6.07, 6.45) is 0.651. The number of carbonyl (C=O) groups excluding carboxylic acids is 3. The molecule has 14 nitrogen and oxygen atoms in total. The first-order chi connectivity index (χ1) is 25.7. The molecule has 3 N–H and O–H groups in total. The summed E-state index contributed by atoms with van der Waals surface area (Å²) in [7, 11) is -3.59. The number of anilines is 3. The Labute approximate surface area is 320 Å². The molecule has 0 bridgehead atoms. The van der Waals surface area contributed by atoms with Gasteiger partial charge in [-0.15, -0.1) is 0 Å². The van der Waals surface area contributed by atoms with Gasteiger partial charge in [-0.05, 0) is 113 Å². The van der Waals surface area contributed by atoms with E-state index in [-0.39, 0.29) is 34.4 Å². The largest absolute Gasteiger partial charge is 0.479 e. The van der Waals surface area contributed by atoms with Crippen LogP contribution in [0.4, 0.5) is 26.8 Å². The van der Waals surface area contributed by atoms with Crippen molar-refractivity contribution in [3.8, 4) is 6.07 Å². The van der Waals surface area contributed by atoms with Gasteiger partial charge in [-0.2, -0.15) is 10.2 Å². The molecule has 3 amide bonds. The van der Waals surface area contributed by atoms with Crippen LogP contribution in [0.1, 0.15) is 84.0 Å². The lowest BCUT2D eigenvalue weighted by atomic mass is 10.0. The minimum atomic E-state index is -3.59. The fourth-order valence-corrected chi connectivity index (χ4v) is 6.45. The van der Waals surface area contributed by atoms with Gasteiger partial charge in [-0.1, -0.05) is 31.2 Å². The first-order valence-electron chi connectivity index (χ1n) is 17.5. The van der Waals surface area contributed by atoms with Crippen LogP contribution in [0.2, 0.25) is 0 Å². The average Bonchev–Trinajstić information content (AvgIpc) is 3.09. The van der Waals surface area contributed by atoms with Gasteiger partial charge >= 0.3 is 18.2 Å². The third-order valence-corrected chi connectivity index (χ3v) is 9.73. The van der Waals surface area contributed by atoms with Gasteiger partial charge in [0.05, 0.1) is 16.2 Å². The summed E-state index contributed by atoms with van der Waals surface area (Å²) in [5.74, 6) is -1.59. The van der Waals surface area contributed by atoms with Crippen molar-refractivity contribution < 1.29 is 42.2 Å². The number of carboxylic acid groups (broad SMARTS) is 1. The lowest BCUT2D eigenvalue weighted by molar-refractivity contribution is -0.138. The fraction of sp³-hybridized carbons (Fsp3) is 0.350. The summed E-state index contributed by atoms with van der Waals surface area (Å²) in [6, 6.07) is 18.4. The lowest BCUT2D eigenvalue weighted by Crippen LogP contribution is -2.44. The molecule has 0 radical (unpaired) electrons. The molecule has 15 heteroatoms. The number of aliphatic carboxylic acids is 1. The van der Waals surface area contributed by atoms with Crippen molar-refractivity contribution in [3.05, 3.63) is 89.6 Å². The van der Waals surface area contributed by atoms with Crippen molar-refractivity contribution in [3.63, 3.8) is 0 Å². The second-order valence-corrected chi connectivity index (χ2v) is 16.9. The molecule has 3 aromatic carbocycles. The molecule has 4 aromatic rings. The van der Waals surface area contributed by atoms with Crippen LogP contribution in [0.3, 0.4) is 0 Å². The first-order valence-corrected chi connectivity index (χ1v) is 19.2. The summed E-state index contributed by atoms with van der Waals surface area (Å²) in [5, 5.41) is 26.3. The van der Waals surface area contributed by atoms with E-state index >= 15 is 0 Å². The van der Waals surface area contributed by atoms with Crippen molar-refractivity contribution in [2.45, 2.75) is 89.9 Å². The number of nitrogens with one attached hydrogen (secondary N) is 2. The standard InChI is InChI=1S/C40H45N5O9S/c1-8-55(51,52)32-19-17-29(23-28(32)24-41)43-33(46)11-9-10-25-12-14-26(15-13-25)34(36(47)48)44-30-16-18-31-27(22-30)20-21-42-35(31)45(37(49)53-39(2,3)4)38(50)54-40(5,6)7/h12-23,34,44H,8-11H2,1-7H3,(H,43,46)(H,47,48). The molecule has 0 saturated heterocycles. The van der Waals surface area contributed by atoms with Gasteiger partial charge in [-0.3, -0.25) is 4.79 Å². The molecular formula is C40H45N5O9S. The SMILES string of the molecule is CCS(=O)(=O)c1ccc(NC(=O)CCCc2ccc(C(Nc3ccc4c(N(C(=O)OC(C)(C)C)C(=O)OC(C)(C)C)nccc4c3)C(=O)O)cc2)cc1C#N. The number of benzene rings is 3. The second kappa shape index (κ2) is 17.0. The molecule has 290 valence electrons. The van der Waals surface area contributed by atoms with Crippen LogP contribution in [0, 0.1) is 11.3 Å². The Kier molecular flexibility index (Phi) is 12.9. The predicted molar refractivity (Wildman–Crippen MR) is 208 cm³/mol. The van der Waals surface area contributed by atoms with Gasteiger partial charge in [0, 0.05) is 29.4 Å². The monoisotopic (exact) mass is 771 g/mol. The zero-order valence-electron chi connectivity index (χ0n) is 31.8. The van der Waals surface area contributed by atoms with Crippen LogP contribution in [0.15, 0.2) is 77.8 Å². The van der Waals surface area contributed by atoms with Crippen molar-refractivity contribution in [1.82, 2.24) is 4.98 Å². The summed E-state index contributed by atoms with van der Waals surface area (Å²) in [6.45, 7) is 11.5. The third-order valence-electron chi connectivity index (χ3n) is 7.95. The van der Waals surface area contributed by atoms with Crippen LogP contribution < -0.4 is 15.5 Å². The van der Waals surface area contributed by atoms with Crippen molar-refractivity contribution in [1.29, 1.82) is 5.26 Å².